The Hall–Kier alpha value is -6.43. The highest BCUT2D eigenvalue weighted by molar-refractivity contribution is 5.71. The molecular weight excluding hydrogens is 805 g/mol. The van der Waals surface area contributed by atoms with Gasteiger partial charge in [0.05, 0.1) is 70.6 Å². The number of methoxy groups -OCH3 is 9. The van der Waals surface area contributed by atoms with Crippen molar-refractivity contribution < 1.29 is 56.9 Å². The summed E-state index contributed by atoms with van der Waals surface area (Å²) in [7, 11) is 14.9. The van der Waals surface area contributed by atoms with Crippen molar-refractivity contribution >= 4 is 5.97 Å². The molecule has 0 spiro atoms. The Morgan fingerprint density at radius 3 is 0.810 bits per heavy atom. The predicted octanol–water partition coefficient (Wildman–Crippen LogP) is 9.14. The molecule has 0 aromatic heterocycles. The predicted molar refractivity (Wildman–Crippen MR) is 241 cm³/mol. The van der Waals surface area contributed by atoms with Crippen LogP contribution in [-0.4, -0.2) is 83.2 Å². The molecule has 10 bridgehead atoms. The molecule has 5 aromatic carbocycles. The lowest BCUT2D eigenvalue weighted by atomic mass is 9.94. The van der Waals surface area contributed by atoms with Crippen LogP contribution in [0.1, 0.15) is 81.8 Å². The van der Waals surface area contributed by atoms with Gasteiger partial charge in [0.25, 0.3) is 0 Å². The molecule has 10 aliphatic carbocycles. The summed E-state index contributed by atoms with van der Waals surface area (Å²) in [5, 5.41) is 0. The first-order valence-corrected chi connectivity index (χ1v) is 21.1. The van der Waals surface area contributed by atoms with Gasteiger partial charge in [-0.05, 0) is 67.1 Å². The number of esters is 1. The zero-order valence-electron chi connectivity index (χ0n) is 38.2. The standard InChI is InChI=1S/C51H60O12/c1-11-12-13-14-62-51(52)30-63-50-29-39-18-37-26-45(57-6)35(24-46(37)58-7)16-33-22-41(53-2)31(20-42(33)54-3)15-32-21-44(56-5)34(23-43(32)55-4)17-36-25-48(60-9)38(27-47(36)59-8)19-40(50)28-49(39)61-10/h20-29H,11-19,30H2,1-10H3. The van der Waals surface area contributed by atoms with E-state index in [0.717, 1.165) is 74.9 Å². The molecule has 10 aliphatic rings. The van der Waals surface area contributed by atoms with E-state index < -0.39 is 5.97 Å². The van der Waals surface area contributed by atoms with Gasteiger partial charge in [0.2, 0.25) is 0 Å². The van der Waals surface area contributed by atoms with Crippen LogP contribution in [0.15, 0.2) is 60.7 Å². The van der Waals surface area contributed by atoms with Gasteiger partial charge in [-0.2, -0.15) is 0 Å². The molecule has 0 saturated carbocycles. The maximum absolute atomic E-state index is 12.9. The van der Waals surface area contributed by atoms with Crippen molar-refractivity contribution in [2.45, 2.75) is 58.3 Å². The van der Waals surface area contributed by atoms with Crippen molar-refractivity contribution in [2.75, 3.05) is 77.2 Å². The molecule has 15 rings (SSSR count). The second-order valence-electron chi connectivity index (χ2n) is 15.3. The molecule has 0 N–H and O–H groups in total. The van der Waals surface area contributed by atoms with Crippen LogP contribution < -0.4 is 47.4 Å². The van der Waals surface area contributed by atoms with Crippen LogP contribution in [0.4, 0.5) is 0 Å². The van der Waals surface area contributed by atoms with Crippen molar-refractivity contribution in [3.63, 3.8) is 0 Å². The Balaban J connectivity index is 1.57. The monoisotopic (exact) mass is 864 g/mol. The van der Waals surface area contributed by atoms with E-state index in [2.05, 4.69) is 6.92 Å². The second kappa shape index (κ2) is 21.6. The van der Waals surface area contributed by atoms with E-state index in [-0.39, 0.29) is 6.61 Å². The first kappa shape index (κ1) is 46.1. The van der Waals surface area contributed by atoms with Gasteiger partial charge in [-0.3, -0.25) is 0 Å². The first-order valence-electron chi connectivity index (χ1n) is 21.1. The van der Waals surface area contributed by atoms with E-state index in [1.807, 2.05) is 60.7 Å². The molecule has 0 fully saturated rings. The fourth-order valence-corrected chi connectivity index (χ4v) is 8.19. The lowest BCUT2D eigenvalue weighted by Crippen LogP contribution is -2.16. The van der Waals surface area contributed by atoms with E-state index in [9.17, 15) is 4.79 Å². The van der Waals surface area contributed by atoms with E-state index in [1.165, 1.54) is 0 Å². The molecule has 0 atom stereocenters. The van der Waals surface area contributed by atoms with Crippen LogP contribution in [-0.2, 0) is 41.6 Å². The summed E-state index contributed by atoms with van der Waals surface area (Å²) < 4.78 is 66.1. The Morgan fingerprint density at radius 1 is 0.365 bits per heavy atom. The third-order valence-electron chi connectivity index (χ3n) is 11.5. The Labute approximate surface area is 371 Å². The van der Waals surface area contributed by atoms with Crippen LogP contribution in [0.3, 0.4) is 0 Å². The largest absolute Gasteiger partial charge is 0.496 e. The zero-order chi connectivity index (χ0) is 45.0. The summed E-state index contributed by atoms with van der Waals surface area (Å²) in [5.41, 5.74) is 8.64. The highest BCUT2D eigenvalue weighted by atomic mass is 16.6. The molecule has 0 radical (unpaired) electrons. The van der Waals surface area contributed by atoms with Crippen LogP contribution >= 0.6 is 0 Å². The smallest absolute Gasteiger partial charge is 0.344 e. The zero-order valence-corrected chi connectivity index (χ0v) is 38.2. The minimum absolute atomic E-state index is 0.268. The molecule has 0 heterocycles. The van der Waals surface area contributed by atoms with Crippen molar-refractivity contribution in [2.24, 2.45) is 0 Å². The second-order valence-corrected chi connectivity index (χ2v) is 15.3. The maximum Gasteiger partial charge on any atom is 0.344 e. The van der Waals surface area contributed by atoms with Gasteiger partial charge in [0, 0.05) is 87.7 Å². The number of carbonyl (C=O) groups is 1. The molecule has 0 amide bonds. The Morgan fingerprint density at radius 2 is 0.587 bits per heavy atom. The lowest BCUT2D eigenvalue weighted by Gasteiger charge is -2.20. The van der Waals surface area contributed by atoms with Crippen molar-refractivity contribution in [3.05, 3.63) is 116 Å². The molecule has 12 nitrogen and oxygen atoms in total. The Bertz CT molecular complexity index is 2380. The minimum Gasteiger partial charge on any atom is -0.496 e. The summed E-state index contributed by atoms with van der Waals surface area (Å²) in [4.78, 5) is 12.9. The van der Waals surface area contributed by atoms with E-state index in [0.29, 0.717) is 96.2 Å². The average molecular weight is 865 g/mol. The van der Waals surface area contributed by atoms with Gasteiger partial charge in [0.15, 0.2) is 6.61 Å². The van der Waals surface area contributed by atoms with Gasteiger partial charge in [-0.15, -0.1) is 0 Å². The van der Waals surface area contributed by atoms with Gasteiger partial charge < -0.3 is 52.1 Å². The number of ether oxygens (including phenoxy) is 11. The Kier molecular flexibility index (Phi) is 15.8. The molecule has 12 heteroatoms. The van der Waals surface area contributed by atoms with Crippen molar-refractivity contribution in [3.8, 4) is 57.5 Å². The highest BCUT2D eigenvalue weighted by Gasteiger charge is 2.23. The number of rotatable bonds is 16. The van der Waals surface area contributed by atoms with Crippen LogP contribution in [0.25, 0.3) is 0 Å². The van der Waals surface area contributed by atoms with E-state index >= 15 is 0 Å². The average Bonchev–Trinajstić information content (AvgIpc) is 3.30. The third-order valence-corrected chi connectivity index (χ3v) is 11.5. The molecule has 5 aromatic rings. The fourth-order valence-electron chi connectivity index (χ4n) is 8.19. The fraction of sp³-hybridized carbons (Fsp3) is 0.392. The summed E-state index contributed by atoms with van der Waals surface area (Å²) in [5.74, 6) is 6.06. The SMILES string of the molecule is CCCCCOC(=O)COc1cc2c(OC)cc1Cc1cc(OC)c(cc1OC)Cc1cc(OC)c(cc1OC)Cc1cc(OC)c(cc1OC)Cc1cc(OC)c(cc1OC)C2. The summed E-state index contributed by atoms with van der Waals surface area (Å²) in [6.07, 6.45) is 4.94. The van der Waals surface area contributed by atoms with Gasteiger partial charge in [0.1, 0.15) is 57.5 Å². The van der Waals surface area contributed by atoms with Crippen LogP contribution in [0, 0.1) is 0 Å². The first-order chi connectivity index (χ1) is 30.6. The maximum atomic E-state index is 12.9. The van der Waals surface area contributed by atoms with Gasteiger partial charge in [-0.25, -0.2) is 4.79 Å². The summed E-state index contributed by atoms with van der Waals surface area (Å²) in [6.45, 7) is 2.17. The quantitative estimate of drug-likeness (QED) is 0.0682. The molecule has 0 aliphatic heterocycles. The number of benzene rings is 5. The minimum atomic E-state index is -0.445. The number of hydrogen-bond donors (Lipinski definition) is 0. The topological polar surface area (TPSA) is 119 Å². The summed E-state index contributed by atoms with van der Waals surface area (Å²) in [6, 6.07) is 19.8. The van der Waals surface area contributed by atoms with E-state index in [4.69, 9.17) is 52.1 Å². The molecule has 0 unspecified atom stereocenters. The number of hydrogen-bond acceptors (Lipinski definition) is 12. The molecule has 0 saturated heterocycles. The number of unbranched alkanes of at least 4 members (excludes halogenated alkanes) is 2. The van der Waals surface area contributed by atoms with Gasteiger partial charge >= 0.3 is 5.97 Å². The lowest BCUT2D eigenvalue weighted by molar-refractivity contribution is -0.146. The molecule has 63 heavy (non-hydrogen) atoms. The van der Waals surface area contributed by atoms with Crippen molar-refractivity contribution in [1.82, 2.24) is 0 Å². The number of carbonyl (C=O) groups excluding carboxylic acids is 1. The highest BCUT2D eigenvalue weighted by Crippen LogP contribution is 2.42. The molecular formula is C51H60O12. The van der Waals surface area contributed by atoms with Crippen LogP contribution in [0.2, 0.25) is 0 Å². The van der Waals surface area contributed by atoms with Crippen molar-refractivity contribution in [1.29, 1.82) is 0 Å². The molecule has 336 valence electrons. The summed E-state index contributed by atoms with van der Waals surface area (Å²) >= 11 is 0. The third kappa shape index (κ3) is 10.6. The van der Waals surface area contributed by atoms with E-state index in [1.54, 1.807) is 64.0 Å². The van der Waals surface area contributed by atoms with Crippen LogP contribution in [0.5, 0.6) is 57.5 Å². The van der Waals surface area contributed by atoms with Gasteiger partial charge in [-0.1, -0.05) is 19.8 Å². The normalized spacial score (nSPS) is 12.0.